The van der Waals surface area contributed by atoms with Crippen LogP contribution in [0.2, 0.25) is 0 Å². The zero-order chi connectivity index (χ0) is 74.5. The number of carboxylic acid groups (broad SMARTS) is 1. The summed E-state index contributed by atoms with van der Waals surface area (Å²) < 4.78 is 79.9. The monoisotopic (exact) mass is 1820 g/mol. The molecule has 4 saturated carbocycles. The molecule has 2 aromatic heterocycles. The lowest BCUT2D eigenvalue weighted by Crippen LogP contribution is -3.00. The molecule has 2 saturated heterocycles. The Labute approximate surface area is 657 Å². The molecule has 12 atom stereocenters. The number of alkyl halides is 4. The smallest absolute Gasteiger partial charge is 0.377 e. The van der Waals surface area contributed by atoms with Gasteiger partial charge in [-0.05, 0) is 179 Å². The van der Waals surface area contributed by atoms with Crippen molar-refractivity contribution in [2.75, 3.05) is 0 Å². The van der Waals surface area contributed by atoms with E-state index in [4.69, 9.17) is 28.8 Å². The van der Waals surface area contributed by atoms with Crippen LogP contribution in [0, 0.1) is 54.5 Å². The first-order valence-corrected chi connectivity index (χ1v) is 37.6. The van der Waals surface area contributed by atoms with Crippen molar-refractivity contribution in [2.45, 2.75) is 92.3 Å². The Morgan fingerprint density at radius 1 is 0.481 bits per heavy atom. The molecule has 0 spiro atoms. The summed E-state index contributed by atoms with van der Waals surface area (Å²) >= 11 is 4.28. The summed E-state index contributed by atoms with van der Waals surface area (Å²) in [6, 6.07) is 78.0. The largest absolute Gasteiger partial charge is 1.00 e. The second-order valence-corrected chi connectivity index (χ2v) is 31.5. The lowest BCUT2D eigenvalue weighted by molar-refractivity contribution is -0.185. The van der Waals surface area contributed by atoms with Gasteiger partial charge in [-0.25, -0.2) is 24.4 Å². The molecule has 8 aromatic carbocycles. The Morgan fingerprint density at radius 3 is 1.10 bits per heavy atom. The van der Waals surface area contributed by atoms with Crippen LogP contribution in [0.15, 0.2) is 297 Å². The van der Waals surface area contributed by atoms with E-state index in [-0.39, 0.29) is 75.5 Å². The van der Waals surface area contributed by atoms with Gasteiger partial charge in [0, 0.05) is 69.4 Å². The second-order valence-electron chi connectivity index (χ2n) is 24.9. The third kappa shape index (κ3) is 19.3. The minimum Gasteiger partial charge on any atom is -1.00 e. The maximum Gasteiger partial charge on any atom is 0.377 e. The summed E-state index contributed by atoms with van der Waals surface area (Å²) in [6.45, 7) is 0.768. The molecule has 0 amide bonds. The van der Waals surface area contributed by atoms with Gasteiger partial charge in [0.25, 0.3) is 0 Å². The van der Waals surface area contributed by atoms with E-state index < -0.39 is 95.7 Å². The number of fused-ring (bicyclic) bond motifs is 2. The van der Waals surface area contributed by atoms with E-state index in [2.05, 4.69) is 237 Å². The number of carbonyl (C=O) groups excluding carboxylic acids is 6. The van der Waals surface area contributed by atoms with E-state index in [0.29, 0.717) is 38.2 Å². The van der Waals surface area contributed by atoms with Gasteiger partial charge in [-0.15, -0.1) is 0 Å². The van der Waals surface area contributed by atoms with Crippen LogP contribution in [0.4, 0.5) is 22.4 Å². The van der Waals surface area contributed by atoms with E-state index in [1.165, 1.54) is 51.2 Å². The highest BCUT2D eigenvalue weighted by molar-refractivity contribution is 14.1. The summed E-state index contributed by atoms with van der Waals surface area (Å²) in [7, 11) is -0.0293. The summed E-state index contributed by atoms with van der Waals surface area (Å²) in [5.41, 5.74) is 0. The van der Waals surface area contributed by atoms with Crippen molar-refractivity contribution in [3.05, 3.63) is 275 Å². The predicted octanol–water partition coefficient (Wildman–Crippen LogP) is 11.8. The highest BCUT2D eigenvalue weighted by Gasteiger charge is 2.71. The first-order valence-electron chi connectivity index (χ1n) is 33.0. The average Bonchev–Trinajstić information content (AvgIpc) is 1.56. The number of esters is 5. The number of nitrogens with zero attached hydrogens (tertiary/aromatic N) is 4. The first-order chi connectivity index (χ1) is 50.4. The van der Waals surface area contributed by atoms with Gasteiger partial charge in [0.15, 0.2) is 29.4 Å². The Morgan fingerprint density at radius 2 is 0.792 bits per heavy atom. The molecule has 4 heterocycles. The third-order valence-corrected chi connectivity index (χ3v) is 23.9. The van der Waals surface area contributed by atoms with Crippen LogP contribution in [0.25, 0.3) is 0 Å². The maximum atomic E-state index is 13.2. The van der Waals surface area contributed by atoms with Gasteiger partial charge in [-0.1, -0.05) is 109 Å². The Bertz CT molecular complexity index is 4230. The summed E-state index contributed by atoms with van der Waals surface area (Å²) in [6.07, 6.45) is 7.21. The number of imidazole rings is 2. The van der Waals surface area contributed by atoms with Crippen LogP contribution in [0.3, 0.4) is 0 Å². The molecule has 2 aliphatic heterocycles. The first kappa shape index (κ1) is 79.8. The van der Waals surface area contributed by atoms with E-state index in [9.17, 15) is 56.2 Å². The van der Waals surface area contributed by atoms with Crippen LogP contribution < -0.4 is 33.5 Å². The van der Waals surface area contributed by atoms with E-state index in [0.717, 1.165) is 7.14 Å². The van der Waals surface area contributed by atoms with Crippen LogP contribution in [0.5, 0.6) is 11.5 Å². The highest BCUT2D eigenvalue weighted by atomic mass is 127. The molecular weight excluding hydrogens is 1750 g/mol. The van der Waals surface area contributed by atoms with Gasteiger partial charge < -0.3 is 57.9 Å². The molecule has 2 N–H and O–H groups in total. The Balaban J connectivity index is 0.000000140. The number of ether oxygens (including phenoxy) is 5. The summed E-state index contributed by atoms with van der Waals surface area (Å²) in [5.74, 6) is -16.1. The number of aliphatic hydroxyl groups excluding tert-OH is 1. The molecule has 6 aliphatic rings. The molecule has 27 heteroatoms. The van der Waals surface area contributed by atoms with Crippen LogP contribution >= 0.6 is 45.2 Å². The minimum atomic E-state index is -3.67. The Kier molecular flexibility index (Phi) is 27.3. The molecule has 16 rings (SSSR count). The predicted molar refractivity (Wildman–Crippen MR) is 395 cm³/mol. The van der Waals surface area contributed by atoms with Gasteiger partial charge in [-0.2, -0.15) is 17.6 Å². The fourth-order valence-corrected chi connectivity index (χ4v) is 18.4. The Hall–Kier alpha value is -8.76. The van der Waals surface area contributed by atoms with Gasteiger partial charge in [0.1, 0.15) is 42.5 Å². The van der Waals surface area contributed by atoms with Crippen LogP contribution in [0.1, 0.15) is 26.7 Å². The van der Waals surface area contributed by atoms with E-state index >= 15 is 0 Å². The topological polar surface area (TPSA) is 242 Å². The van der Waals surface area contributed by atoms with E-state index in [1.54, 1.807) is 61.2 Å². The van der Waals surface area contributed by atoms with Crippen molar-refractivity contribution >= 4 is 109 Å². The molecule has 18 nitrogen and oxygen atoms in total. The molecule has 4 aliphatic carbocycles. The van der Waals surface area contributed by atoms with Crippen molar-refractivity contribution in [1.29, 1.82) is 0 Å². The number of aliphatic carboxylic acids is 1. The number of benzene rings is 8. The lowest BCUT2D eigenvalue weighted by Gasteiger charge is -2.30. The number of rotatable bonds is 13. The number of aromatic nitrogens is 4. The van der Waals surface area contributed by atoms with Crippen molar-refractivity contribution in [2.24, 2.45) is 47.3 Å². The fraction of sp³-hybridized carbons (Fsp3) is 0.228. The van der Waals surface area contributed by atoms with Crippen molar-refractivity contribution in [1.82, 2.24) is 19.1 Å². The minimum absolute atomic E-state index is 0. The molecule has 10 aromatic rings. The van der Waals surface area contributed by atoms with E-state index in [1.807, 2.05) is 12.1 Å². The SMILES string of the molecule is CC(F)(F)C(=O)O.CC(F)(F)C(=O)OC1C2CC3C1OC(=O)C3C2C(=O)Oc1ccc(I)cc1.O=C(Oc1ccc(I)cc1)C1C2CC3C(OC(=O)C31)C2O.O=C(n1ccnc1)n1ccnc1.[I-].c1ccc([S+](c2ccccc2)c2ccccc2)cc1.c1ccc([S+](c2ccccc2)c2ccccc2)cc1. The second kappa shape index (κ2) is 36.2. The van der Waals surface area contributed by atoms with Gasteiger partial charge >= 0.3 is 53.7 Å². The molecular formula is C79H68F4I3N4O14S2+. The highest BCUT2D eigenvalue weighted by Crippen LogP contribution is 2.60. The number of halogens is 7. The normalized spacial score (nSPS) is 22.1. The fourth-order valence-electron chi connectivity index (χ4n) is 13.4. The van der Waals surface area contributed by atoms with Crippen molar-refractivity contribution in [3.63, 3.8) is 0 Å². The average molecular weight is 1820 g/mol. The molecule has 12 unspecified atom stereocenters. The van der Waals surface area contributed by atoms with Gasteiger partial charge in [0.2, 0.25) is 0 Å². The van der Waals surface area contributed by atoms with Crippen molar-refractivity contribution < 1.29 is 109 Å². The summed E-state index contributed by atoms with van der Waals surface area (Å²) in [4.78, 5) is 97.3. The zero-order valence-electron chi connectivity index (χ0n) is 56.3. The van der Waals surface area contributed by atoms with Gasteiger partial charge in [0.05, 0.1) is 51.6 Å². The molecule has 106 heavy (non-hydrogen) atoms. The lowest BCUT2D eigenvalue weighted by atomic mass is 9.78. The quantitative estimate of drug-likeness (QED) is 0.0272. The molecule has 548 valence electrons. The maximum absolute atomic E-state index is 13.2. The number of carboxylic acids is 1. The van der Waals surface area contributed by atoms with Gasteiger partial charge in [-0.3, -0.25) is 28.3 Å². The van der Waals surface area contributed by atoms with Crippen molar-refractivity contribution in [3.8, 4) is 11.5 Å². The number of hydrogen-bond acceptors (Lipinski definition) is 15. The third-order valence-electron chi connectivity index (χ3n) is 18.0. The van der Waals surface area contributed by atoms with Crippen LogP contribution in [-0.2, 0) is 64.8 Å². The standard InChI is InChI=1S/C18H15F2IO6.2C18H15S.C15H13IO5.C7H6N4O.C3H4F2O2.HI/c1-18(19,20)17(24)27-14-10-6-9-12(16(23)26-13(9)14)11(10)15(22)25-8-4-2-7(21)3-5-8;2*1-4-10-16(11-5-1)19(17-12-6-2-7-13-17)18-14-8-3-9-15-18;16-6-1-3-7(4-2-6)20-14(18)10-8-5-9-11(10)15(19)21-13(9)12(8)17;12-7(10-3-1-8-5-10)11-4-2-9-6-11;1-3(4,5)2(6)7;/h2-5,9-14H,6H2,1H3;2*1-15H;1-4,8-13,17H,5H2;1-6H;1H3,(H,6,7);1H/q;2*+1;;;;/p-1. The number of hydrogen-bond donors (Lipinski definition) is 2. The molecule has 4 bridgehead atoms. The number of carbonyl (C=O) groups is 7. The number of aliphatic hydroxyl groups is 1. The molecule has 0 radical (unpaired) electrons. The molecule has 6 fully saturated rings. The van der Waals surface area contributed by atoms with Crippen LogP contribution in [-0.4, -0.2) is 107 Å². The summed E-state index contributed by atoms with van der Waals surface area (Å²) in [5, 5.41) is 17.7. The zero-order valence-corrected chi connectivity index (χ0v) is 64.4.